The number of methoxy groups -OCH3 is 1. The van der Waals surface area contributed by atoms with Crippen molar-refractivity contribution in [2.75, 3.05) is 26.8 Å². The van der Waals surface area contributed by atoms with Gasteiger partial charge >= 0.3 is 0 Å². The zero-order valence-corrected chi connectivity index (χ0v) is 17.5. The van der Waals surface area contributed by atoms with Gasteiger partial charge in [0, 0.05) is 41.7 Å². The van der Waals surface area contributed by atoms with Gasteiger partial charge in [-0.15, -0.1) is 0 Å². The molecule has 6 heteroatoms. The average molecular weight is 473 g/mol. The third-order valence-electron chi connectivity index (χ3n) is 5.53. The minimum absolute atomic E-state index is 0.0119. The number of ether oxygens (including phenoxy) is 2. The number of rotatable bonds is 7. The van der Waals surface area contributed by atoms with Gasteiger partial charge in [0.15, 0.2) is 0 Å². The molecule has 0 bridgehead atoms. The molecule has 3 atom stereocenters. The topological polar surface area (TPSA) is 59.0 Å². The first-order valence-corrected chi connectivity index (χ1v) is 10.6. The molecule has 1 saturated carbocycles. The number of hydrogen-bond donors (Lipinski definition) is 1. The van der Waals surface area contributed by atoms with Crippen LogP contribution < -0.4 is 4.74 Å². The Morgan fingerprint density at radius 2 is 2.12 bits per heavy atom. The van der Waals surface area contributed by atoms with Gasteiger partial charge in [-0.25, -0.2) is 0 Å². The van der Waals surface area contributed by atoms with E-state index >= 15 is 0 Å². The SMILES string of the molecule is COc1ccc(CCOC2CCCC[C@H]2N2CC[C@H](O)C2)cc1C(=O)I. The Morgan fingerprint density at radius 1 is 1.31 bits per heavy atom. The van der Waals surface area contributed by atoms with Crippen LogP contribution >= 0.6 is 22.6 Å². The van der Waals surface area contributed by atoms with Crippen molar-refractivity contribution in [1.82, 2.24) is 4.90 Å². The van der Waals surface area contributed by atoms with Crippen LogP contribution in [0.5, 0.6) is 5.75 Å². The summed E-state index contributed by atoms with van der Waals surface area (Å²) in [6.45, 7) is 2.41. The molecule has 1 aromatic carbocycles. The number of benzene rings is 1. The predicted octanol–water partition coefficient (Wildman–Crippen LogP) is 3.21. The van der Waals surface area contributed by atoms with Gasteiger partial charge in [0.25, 0.3) is 0 Å². The summed E-state index contributed by atoms with van der Waals surface area (Å²) in [4.78, 5) is 14.2. The molecule has 26 heavy (non-hydrogen) atoms. The van der Waals surface area contributed by atoms with Crippen molar-refractivity contribution in [2.24, 2.45) is 0 Å². The molecule has 2 fully saturated rings. The number of aliphatic hydroxyl groups excluding tert-OH is 1. The number of β-amino-alcohol motifs (C(OH)–C–C–N with tert-alkyl or cyclic N) is 1. The number of nitrogens with zero attached hydrogens (tertiary/aromatic N) is 1. The van der Waals surface area contributed by atoms with Crippen LogP contribution in [0, 0.1) is 0 Å². The predicted molar refractivity (Wildman–Crippen MR) is 109 cm³/mol. The first-order valence-electron chi connectivity index (χ1n) is 9.49. The van der Waals surface area contributed by atoms with Crippen molar-refractivity contribution < 1.29 is 19.4 Å². The van der Waals surface area contributed by atoms with Crippen LogP contribution in [0.2, 0.25) is 0 Å². The van der Waals surface area contributed by atoms with Crippen molar-refractivity contribution in [3.8, 4) is 5.75 Å². The molecule has 1 N–H and O–H groups in total. The maximum Gasteiger partial charge on any atom is 0.226 e. The van der Waals surface area contributed by atoms with Gasteiger partial charge in [-0.3, -0.25) is 9.69 Å². The molecule has 0 spiro atoms. The van der Waals surface area contributed by atoms with E-state index in [2.05, 4.69) is 4.90 Å². The Hall–Kier alpha value is -0.700. The maximum atomic E-state index is 11.8. The largest absolute Gasteiger partial charge is 0.496 e. The van der Waals surface area contributed by atoms with Crippen LogP contribution in [0.3, 0.4) is 0 Å². The summed E-state index contributed by atoms with van der Waals surface area (Å²) in [5.41, 5.74) is 1.71. The molecule has 1 heterocycles. The average Bonchev–Trinajstić information content (AvgIpc) is 3.08. The lowest BCUT2D eigenvalue weighted by Crippen LogP contribution is -2.46. The summed E-state index contributed by atoms with van der Waals surface area (Å²) in [6, 6.07) is 6.20. The van der Waals surface area contributed by atoms with E-state index in [1.807, 2.05) is 18.2 Å². The molecule has 5 nitrogen and oxygen atoms in total. The fraction of sp³-hybridized carbons (Fsp3) is 0.650. The summed E-state index contributed by atoms with van der Waals surface area (Å²) in [6.07, 6.45) is 6.45. The van der Waals surface area contributed by atoms with Crippen LogP contribution in [-0.2, 0) is 11.2 Å². The number of carbonyl (C=O) groups excluding carboxylic acids is 1. The Kier molecular flexibility index (Phi) is 7.31. The fourth-order valence-electron chi connectivity index (χ4n) is 4.15. The normalized spacial score (nSPS) is 26.8. The summed E-state index contributed by atoms with van der Waals surface area (Å²) in [7, 11) is 1.58. The lowest BCUT2D eigenvalue weighted by atomic mass is 9.91. The molecule has 0 amide bonds. The molecule has 1 unspecified atom stereocenters. The summed E-state index contributed by atoms with van der Waals surface area (Å²) in [5, 5.41) is 9.83. The number of carbonyl (C=O) groups is 1. The van der Waals surface area contributed by atoms with Crippen molar-refractivity contribution in [3.63, 3.8) is 0 Å². The maximum absolute atomic E-state index is 11.8. The molecule has 0 radical (unpaired) electrons. The zero-order valence-electron chi connectivity index (χ0n) is 15.3. The highest BCUT2D eigenvalue weighted by Gasteiger charge is 2.34. The molecular weight excluding hydrogens is 445 g/mol. The quantitative estimate of drug-likeness (QED) is 0.487. The van der Waals surface area contributed by atoms with Gasteiger partial charge in [-0.1, -0.05) is 18.9 Å². The number of likely N-dealkylation sites (tertiary alicyclic amines) is 1. The van der Waals surface area contributed by atoms with Gasteiger partial charge in [0.05, 0.1) is 31.5 Å². The molecular formula is C20H28INO4. The summed E-state index contributed by atoms with van der Waals surface area (Å²) in [5.74, 6) is 0.619. The van der Waals surface area contributed by atoms with Crippen molar-refractivity contribution in [3.05, 3.63) is 29.3 Å². The number of halogens is 1. The van der Waals surface area contributed by atoms with Crippen molar-refractivity contribution in [1.29, 1.82) is 0 Å². The van der Waals surface area contributed by atoms with Gasteiger partial charge in [0.2, 0.25) is 3.79 Å². The van der Waals surface area contributed by atoms with E-state index in [-0.39, 0.29) is 16.0 Å². The van der Waals surface area contributed by atoms with E-state index in [1.54, 1.807) is 29.7 Å². The third-order valence-corrected chi connectivity index (χ3v) is 6.11. The Morgan fingerprint density at radius 3 is 2.81 bits per heavy atom. The summed E-state index contributed by atoms with van der Waals surface area (Å²) >= 11 is 1.80. The van der Waals surface area contributed by atoms with Crippen molar-refractivity contribution >= 4 is 26.4 Å². The van der Waals surface area contributed by atoms with Gasteiger partial charge < -0.3 is 14.6 Å². The van der Waals surface area contributed by atoms with Crippen molar-refractivity contribution in [2.45, 2.75) is 56.8 Å². The Balaban J connectivity index is 1.56. The Bertz CT molecular complexity index is 624. The highest BCUT2D eigenvalue weighted by atomic mass is 127. The number of aliphatic hydroxyl groups is 1. The lowest BCUT2D eigenvalue weighted by Gasteiger charge is -2.37. The van der Waals surface area contributed by atoms with E-state index in [4.69, 9.17) is 9.47 Å². The Labute approximate surface area is 169 Å². The summed E-state index contributed by atoms with van der Waals surface area (Å²) < 4.78 is 11.5. The van der Waals surface area contributed by atoms with Gasteiger partial charge in [0.1, 0.15) is 5.75 Å². The molecule has 1 aromatic rings. The van der Waals surface area contributed by atoms with Gasteiger partial charge in [-0.2, -0.15) is 0 Å². The molecule has 1 saturated heterocycles. The van der Waals surface area contributed by atoms with E-state index in [0.29, 0.717) is 24.0 Å². The highest BCUT2D eigenvalue weighted by molar-refractivity contribution is 14.1. The molecule has 1 aliphatic carbocycles. The molecule has 0 aromatic heterocycles. The monoisotopic (exact) mass is 473 g/mol. The lowest BCUT2D eigenvalue weighted by molar-refractivity contribution is -0.0316. The zero-order chi connectivity index (χ0) is 18.5. The molecule has 144 valence electrons. The first-order chi connectivity index (χ1) is 12.6. The van der Waals surface area contributed by atoms with Crippen LogP contribution in [-0.4, -0.2) is 58.9 Å². The first kappa shape index (κ1) is 20.0. The van der Waals surface area contributed by atoms with Crippen LogP contribution in [0.4, 0.5) is 0 Å². The molecule has 2 aliphatic rings. The smallest absolute Gasteiger partial charge is 0.226 e. The van der Waals surface area contributed by atoms with E-state index in [9.17, 15) is 9.90 Å². The van der Waals surface area contributed by atoms with E-state index < -0.39 is 0 Å². The van der Waals surface area contributed by atoms with E-state index in [0.717, 1.165) is 44.3 Å². The van der Waals surface area contributed by atoms with Crippen LogP contribution in [0.1, 0.15) is 48.0 Å². The van der Waals surface area contributed by atoms with E-state index in [1.165, 1.54) is 12.8 Å². The molecule has 3 rings (SSSR count). The molecule has 1 aliphatic heterocycles. The van der Waals surface area contributed by atoms with Gasteiger partial charge in [-0.05, 0) is 43.4 Å². The third kappa shape index (κ3) is 4.97. The van der Waals surface area contributed by atoms with Crippen LogP contribution in [0.15, 0.2) is 18.2 Å². The second kappa shape index (κ2) is 9.48. The standard InChI is InChI=1S/C20H28INO4/c1-25-18-7-6-14(12-16(18)20(21)24)9-11-26-19-5-3-2-4-17(19)22-10-8-15(23)13-22/h6-7,12,15,17,19,23H,2-5,8-11,13H2,1H3/t15-,17+,19?/m0/s1. The second-order valence-corrected chi connectivity index (χ2v) is 8.24. The minimum Gasteiger partial charge on any atom is -0.496 e. The minimum atomic E-state index is -0.180. The number of hydrogen-bond acceptors (Lipinski definition) is 5. The fourth-order valence-corrected chi connectivity index (χ4v) is 4.57. The highest BCUT2D eigenvalue weighted by Crippen LogP contribution is 2.29. The van der Waals surface area contributed by atoms with Crippen LogP contribution in [0.25, 0.3) is 0 Å². The second-order valence-electron chi connectivity index (χ2n) is 7.26.